The van der Waals surface area contributed by atoms with Gasteiger partial charge in [-0.1, -0.05) is 30.3 Å². The second-order valence-electron chi connectivity index (χ2n) is 6.50. The first-order valence-corrected chi connectivity index (χ1v) is 8.46. The van der Waals surface area contributed by atoms with Crippen LogP contribution in [0.25, 0.3) is 0 Å². The van der Waals surface area contributed by atoms with Crippen molar-refractivity contribution in [2.75, 3.05) is 11.1 Å². The van der Waals surface area contributed by atoms with Gasteiger partial charge in [0.25, 0.3) is 5.91 Å². The molecule has 0 heterocycles. The number of hydrogen-bond acceptors (Lipinski definition) is 3. The average molecular weight is 325 g/mol. The standard InChI is InChI=1S/C20H27N3O/c1-14(2)22-20(24)18-13-17(21)11-12-19(18)23-15(3)9-10-16-7-5-4-6-8-16/h4-8,11-15,23H,9-10,21H2,1-3H3,(H,22,24)/t15-/m0/s1. The summed E-state index contributed by atoms with van der Waals surface area (Å²) in [5.41, 5.74) is 9.18. The highest BCUT2D eigenvalue weighted by Gasteiger charge is 2.14. The molecule has 128 valence electrons. The molecule has 2 aromatic carbocycles. The fraction of sp³-hybridized carbons (Fsp3) is 0.350. The Labute approximate surface area is 144 Å². The first-order chi connectivity index (χ1) is 11.5. The third kappa shape index (κ3) is 5.30. The number of carbonyl (C=O) groups is 1. The lowest BCUT2D eigenvalue weighted by molar-refractivity contribution is 0.0944. The highest BCUT2D eigenvalue weighted by molar-refractivity contribution is 6.00. The van der Waals surface area contributed by atoms with Crippen LogP contribution in [0.15, 0.2) is 48.5 Å². The van der Waals surface area contributed by atoms with Crippen molar-refractivity contribution in [3.63, 3.8) is 0 Å². The van der Waals surface area contributed by atoms with Gasteiger partial charge < -0.3 is 16.4 Å². The van der Waals surface area contributed by atoms with Crippen molar-refractivity contribution in [3.05, 3.63) is 59.7 Å². The van der Waals surface area contributed by atoms with E-state index < -0.39 is 0 Å². The maximum atomic E-state index is 12.4. The monoisotopic (exact) mass is 325 g/mol. The lowest BCUT2D eigenvalue weighted by Gasteiger charge is -2.19. The maximum Gasteiger partial charge on any atom is 0.253 e. The summed E-state index contributed by atoms with van der Waals surface area (Å²) in [6, 6.07) is 16.2. The van der Waals surface area contributed by atoms with Gasteiger partial charge in [0, 0.05) is 23.5 Å². The SMILES string of the molecule is CC(C)NC(=O)c1cc(N)ccc1N[C@@H](C)CCc1ccccc1. The van der Waals surface area contributed by atoms with Crippen molar-refractivity contribution in [1.29, 1.82) is 0 Å². The van der Waals surface area contributed by atoms with Gasteiger partial charge in [-0.3, -0.25) is 4.79 Å². The molecule has 0 saturated carbocycles. The fourth-order valence-corrected chi connectivity index (χ4v) is 2.58. The first kappa shape index (κ1) is 17.9. The van der Waals surface area contributed by atoms with E-state index in [1.807, 2.05) is 32.0 Å². The normalized spacial score (nSPS) is 12.0. The molecule has 4 N–H and O–H groups in total. The molecule has 0 spiro atoms. The summed E-state index contributed by atoms with van der Waals surface area (Å²) in [6.45, 7) is 6.02. The van der Waals surface area contributed by atoms with Crippen molar-refractivity contribution in [3.8, 4) is 0 Å². The minimum atomic E-state index is -0.102. The van der Waals surface area contributed by atoms with Crippen molar-refractivity contribution in [2.45, 2.75) is 45.7 Å². The molecule has 0 bridgehead atoms. The molecule has 4 nitrogen and oxygen atoms in total. The second-order valence-corrected chi connectivity index (χ2v) is 6.50. The van der Waals surface area contributed by atoms with E-state index in [1.165, 1.54) is 5.56 Å². The zero-order chi connectivity index (χ0) is 17.5. The van der Waals surface area contributed by atoms with Crippen LogP contribution in [0.1, 0.15) is 43.1 Å². The zero-order valence-electron chi connectivity index (χ0n) is 14.7. The number of rotatable bonds is 7. The Hall–Kier alpha value is -2.49. The van der Waals surface area contributed by atoms with Crippen LogP contribution in [-0.4, -0.2) is 18.0 Å². The molecule has 0 aromatic heterocycles. The van der Waals surface area contributed by atoms with Gasteiger partial charge in [-0.2, -0.15) is 0 Å². The number of carbonyl (C=O) groups excluding carboxylic acids is 1. The van der Waals surface area contributed by atoms with E-state index in [0.717, 1.165) is 18.5 Å². The summed E-state index contributed by atoms with van der Waals surface area (Å²) in [4.78, 5) is 12.4. The van der Waals surface area contributed by atoms with Crippen molar-refractivity contribution in [2.24, 2.45) is 0 Å². The minimum Gasteiger partial charge on any atom is -0.399 e. The molecular weight excluding hydrogens is 298 g/mol. The molecule has 0 fully saturated rings. The number of nitrogens with one attached hydrogen (secondary N) is 2. The van der Waals surface area contributed by atoms with E-state index in [9.17, 15) is 4.79 Å². The first-order valence-electron chi connectivity index (χ1n) is 8.46. The van der Waals surface area contributed by atoms with Gasteiger partial charge in [0.2, 0.25) is 0 Å². The van der Waals surface area contributed by atoms with Crippen LogP contribution in [0.4, 0.5) is 11.4 Å². The summed E-state index contributed by atoms with van der Waals surface area (Å²) >= 11 is 0. The summed E-state index contributed by atoms with van der Waals surface area (Å²) in [6.07, 6.45) is 1.98. The van der Waals surface area contributed by atoms with E-state index in [2.05, 4.69) is 41.8 Å². The Morgan fingerprint density at radius 3 is 2.46 bits per heavy atom. The molecule has 0 saturated heterocycles. The summed E-state index contributed by atoms with van der Waals surface area (Å²) < 4.78 is 0. The molecule has 24 heavy (non-hydrogen) atoms. The maximum absolute atomic E-state index is 12.4. The van der Waals surface area contributed by atoms with Crippen molar-refractivity contribution in [1.82, 2.24) is 5.32 Å². The molecule has 2 rings (SSSR count). The number of benzene rings is 2. The van der Waals surface area contributed by atoms with Crippen LogP contribution >= 0.6 is 0 Å². The molecular formula is C20H27N3O. The second kappa shape index (κ2) is 8.39. The third-order valence-electron chi connectivity index (χ3n) is 3.82. The summed E-state index contributed by atoms with van der Waals surface area (Å²) in [5, 5.41) is 6.37. The molecule has 4 heteroatoms. The quantitative estimate of drug-likeness (QED) is 0.678. The Morgan fingerprint density at radius 1 is 1.08 bits per heavy atom. The molecule has 1 atom stereocenters. The van der Waals surface area contributed by atoms with Crippen LogP contribution < -0.4 is 16.4 Å². The van der Waals surface area contributed by atoms with Gasteiger partial charge in [0.1, 0.15) is 0 Å². The van der Waals surface area contributed by atoms with Crippen LogP contribution in [0.3, 0.4) is 0 Å². The van der Waals surface area contributed by atoms with Gasteiger partial charge >= 0.3 is 0 Å². The van der Waals surface area contributed by atoms with Crippen molar-refractivity contribution < 1.29 is 4.79 Å². The van der Waals surface area contributed by atoms with Gasteiger partial charge in [0.15, 0.2) is 0 Å². The van der Waals surface area contributed by atoms with E-state index in [0.29, 0.717) is 11.3 Å². The van der Waals surface area contributed by atoms with Gasteiger partial charge in [-0.25, -0.2) is 0 Å². The Kier molecular flexibility index (Phi) is 6.24. The Balaban J connectivity index is 2.04. The molecule has 0 aliphatic carbocycles. The highest BCUT2D eigenvalue weighted by Crippen LogP contribution is 2.21. The Bertz CT molecular complexity index is 668. The number of nitrogen functional groups attached to an aromatic ring is 1. The summed E-state index contributed by atoms with van der Waals surface area (Å²) in [5.74, 6) is -0.102. The van der Waals surface area contributed by atoms with Crippen LogP contribution in [0.5, 0.6) is 0 Å². The van der Waals surface area contributed by atoms with Crippen LogP contribution in [0.2, 0.25) is 0 Å². The van der Waals surface area contributed by atoms with E-state index in [-0.39, 0.29) is 18.0 Å². The van der Waals surface area contributed by atoms with Crippen LogP contribution in [0, 0.1) is 0 Å². The van der Waals surface area contributed by atoms with E-state index >= 15 is 0 Å². The van der Waals surface area contributed by atoms with Crippen LogP contribution in [-0.2, 0) is 6.42 Å². The largest absolute Gasteiger partial charge is 0.399 e. The topological polar surface area (TPSA) is 67.2 Å². The van der Waals surface area contributed by atoms with E-state index in [1.54, 1.807) is 6.07 Å². The molecule has 2 aromatic rings. The molecule has 1 amide bonds. The van der Waals surface area contributed by atoms with Gasteiger partial charge in [-0.15, -0.1) is 0 Å². The lowest BCUT2D eigenvalue weighted by Crippen LogP contribution is -2.31. The zero-order valence-corrected chi connectivity index (χ0v) is 14.7. The lowest BCUT2D eigenvalue weighted by atomic mass is 10.0. The van der Waals surface area contributed by atoms with Gasteiger partial charge in [0.05, 0.1) is 5.56 Å². The summed E-state index contributed by atoms with van der Waals surface area (Å²) in [7, 11) is 0. The highest BCUT2D eigenvalue weighted by atomic mass is 16.1. The number of anilines is 2. The molecule has 0 unspecified atom stereocenters. The smallest absolute Gasteiger partial charge is 0.253 e. The predicted octanol–water partition coefficient (Wildman–Crippen LogP) is 3.84. The van der Waals surface area contributed by atoms with Crippen molar-refractivity contribution >= 4 is 17.3 Å². The van der Waals surface area contributed by atoms with Gasteiger partial charge in [-0.05, 0) is 57.4 Å². The van der Waals surface area contributed by atoms with E-state index in [4.69, 9.17) is 5.73 Å². The molecule has 0 aliphatic rings. The third-order valence-corrected chi connectivity index (χ3v) is 3.82. The predicted molar refractivity (Wildman–Crippen MR) is 101 cm³/mol. The number of aryl methyl sites for hydroxylation is 1. The Morgan fingerprint density at radius 2 is 1.79 bits per heavy atom. The fourth-order valence-electron chi connectivity index (χ4n) is 2.58. The molecule has 0 aliphatic heterocycles. The number of hydrogen-bond donors (Lipinski definition) is 3. The minimum absolute atomic E-state index is 0.0854. The molecule has 0 radical (unpaired) electrons. The number of amides is 1. The number of nitrogens with two attached hydrogens (primary N) is 1. The average Bonchev–Trinajstić information content (AvgIpc) is 2.55.